The largest absolute Gasteiger partial charge is 0.383 e. The topological polar surface area (TPSA) is 56.7 Å². The molecule has 1 atom stereocenters. The number of anilines is 1. The molecular weight excluding hydrogens is 268 g/mol. The number of nitrogen functional groups attached to an aromatic ring is 1. The van der Waals surface area contributed by atoms with E-state index in [-0.39, 0.29) is 6.04 Å². The van der Waals surface area contributed by atoms with Crippen LogP contribution in [0.15, 0.2) is 28.9 Å². The summed E-state index contributed by atoms with van der Waals surface area (Å²) in [5.74, 6) is 0.635. The Hall–Kier alpha value is -1.36. The maximum Gasteiger partial charge on any atom is 0.137 e. The first kappa shape index (κ1) is 11.1. The van der Waals surface area contributed by atoms with Gasteiger partial charge in [-0.05, 0) is 41.9 Å². The summed E-state index contributed by atoms with van der Waals surface area (Å²) < 4.78 is 2.64. The minimum Gasteiger partial charge on any atom is -0.383 e. The quantitative estimate of drug-likeness (QED) is 0.920. The molecule has 0 bridgehead atoms. The van der Waals surface area contributed by atoms with Gasteiger partial charge in [0.25, 0.3) is 0 Å². The predicted octanol–water partition coefficient (Wildman–Crippen LogP) is 2.54. The molecular formula is C11H13BrN4. The van der Waals surface area contributed by atoms with Crippen LogP contribution in [0, 0.1) is 6.92 Å². The Labute approximate surface area is 103 Å². The third-order valence-corrected chi connectivity index (χ3v) is 3.51. The highest BCUT2D eigenvalue weighted by atomic mass is 79.9. The van der Waals surface area contributed by atoms with Crippen molar-refractivity contribution in [3.8, 4) is 0 Å². The Morgan fingerprint density at radius 3 is 2.69 bits per heavy atom. The van der Waals surface area contributed by atoms with Crippen LogP contribution < -0.4 is 5.73 Å². The van der Waals surface area contributed by atoms with Gasteiger partial charge in [-0.1, -0.05) is 6.07 Å². The SMILES string of the molecule is Cc1nn(C(C)c2ccccn2)c(N)c1Br. The lowest BCUT2D eigenvalue weighted by molar-refractivity contribution is 0.556. The molecule has 0 spiro atoms. The average Bonchev–Trinajstić information content (AvgIpc) is 2.57. The van der Waals surface area contributed by atoms with Crippen molar-refractivity contribution in [2.45, 2.75) is 19.9 Å². The van der Waals surface area contributed by atoms with Crippen LogP contribution in [0.1, 0.15) is 24.4 Å². The maximum atomic E-state index is 5.97. The molecule has 2 heterocycles. The molecule has 2 rings (SSSR count). The minimum atomic E-state index is 0.0335. The molecule has 0 fully saturated rings. The number of rotatable bonds is 2. The molecule has 0 saturated heterocycles. The molecule has 4 nitrogen and oxygen atoms in total. The number of pyridine rings is 1. The smallest absolute Gasteiger partial charge is 0.137 e. The monoisotopic (exact) mass is 280 g/mol. The normalized spacial score (nSPS) is 12.7. The fourth-order valence-corrected chi connectivity index (χ4v) is 1.85. The van der Waals surface area contributed by atoms with E-state index >= 15 is 0 Å². The van der Waals surface area contributed by atoms with Crippen molar-refractivity contribution in [1.29, 1.82) is 0 Å². The minimum absolute atomic E-state index is 0.0335. The van der Waals surface area contributed by atoms with E-state index in [0.29, 0.717) is 5.82 Å². The standard InChI is InChI=1S/C11H13BrN4/c1-7-10(12)11(13)16(15-7)8(2)9-5-3-4-6-14-9/h3-6,8H,13H2,1-2H3. The number of nitrogens with zero attached hydrogens (tertiary/aromatic N) is 3. The van der Waals surface area contributed by atoms with E-state index in [4.69, 9.17) is 5.73 Å². The molecule has 0 amide bonds. The van der Waals surface area contributed by atoms with Gasteiger partial charge in [0.1, 0.15) is 5.82 Å². The van der Waals surface area contributed by atoms with Crippen LogP contribution in [-0.4, -0.2) is 14.8 Å². The number of nitrogens with two attached hydrogens (primary N) is 1. The van der Waals surface area contributed by atoms with Gasteiger partial charge in [0, 0.05) is 6.20 Å². The van der Waals surface area contributed by atoms with E-state index in [2.05, 4.69) is 26.0 Å². The van der Waals surface area contributed by atoms with Crippen molar-refractivity contribution in [3.63, 3.8) is 0 Å². The zero-order valence-electron chi connectivity index (χ0n) is 9.18. The molecule has 2 aromatic rings. The van der Waals surface area contributed by atoms with E-state index in [0.717, 1.165) is 15.9 Å². The van der Waals surface area contributed by atoms with E-state index < -0.39 is 0 Å². The van der Waals surface area contributed by atoms with Gasteiger partial charge in [0.05, 0.1) is 21.9 Å². The lowest BCUT2D eigenvalue weighted by Crippen LogP contribution is -2.12. The zero-order chi connectivity index (χ0) is 11.7. The molecule has 1 unspecified atom stereocenters. The van der Waals surface area contributed by atoms with Crippen LogP contribution in [0.2, 0.25) is 0 Å². The van der Waals surface area contributed by atoms with Crippen molar-refractivity contribution in [2.24, 2.45) is 0 Å². The number of aromatic nitrogens is 3. The Morgan fingerprint density at radius 2 is 2.19 bits per heavy atom. The van der Waals surface area contributed by atoms with E-state index in [1.54, 1.807) is 10.9 Å². The molecule has 16 heavy (non-hydrogen) atoms. The van der Waals surface area contributed by atoms with Gasteiger partial charge >= 0.3 is 0 Å². The lowest BCUT2D eigenvalue weighted by Gasteiger charge is -2.12. The molecule has 5 heteroatoms. The second-order valence-electron chi connectivity index (χ2n) is 3.66. The Bertz CT molecular complexity index is 492. The van der Waals surface area contributed by atoms with Crippen molar-refractivity contribution in [1.82, 2.24) is 14.8 Å². The van der Waals surface area contributed by atoms with Crippen LogP contribution in [0.5, 0.6) is 0 Å². The molecule has 2 N–H and O–H groups in total. The van der Waals surface area contributed by atoms with Gasteiger partial charge in [-0.2, -0.15) is 5.10 Å². The Morgan fingerprint density at radius 1 is 1.44 bits per heavy atom. The van der Waals surface area contributed by atoms with Crippen LogP contribution in [0.25, 0.3) is 0 Å². The van der Waals surface area contributed by atoms with Gasteiger partial charge in [0.2, 0.25) is 0 Å². The molecule has 0 aliphatic heterocycles. The summed E-state index contributed by atoms with van der Waals surface area (Å²) >= 11 is 3.41. The summed E-state index contributed by atoms with van der Waals surface area (Å²) in [4.78, 5) is 4.30. The first-order valence-corrected chi connectivity index (χ1v) is 5.81. The predicted molar refractivity (Wildman–Crippen MR) is 67.1 cm³/mol. The maximum absolute atomic E-state index is 5.97. The number of halogens is 1. The van der Waals surface area contributed by atoms with Crippen LogP contribution in [0.3, 0.4) is 0 Å². The second kappa shape index (κ2) is 4.25. The highest BCUT2D eigenvalue weighted by Crippen LogP contribution is 2.27. The van der Waals surface area contributed by atoms with E-state index in [1.807, 2.05) is 32.0 Å². The van der Waals surface area contributed by atoms with Crippen molar-refractivity contribution < 1.29 is 0 Å². The van der Waals surface area contributed by atoms with Crippen molar-refractivity contribution in [3.05, 3.63) is 40.3 Å². The third kappa shape index (κ3) is 1.82. The number of hydrogen-bond acceptors (Lipinski definition) is 3. The number of aryl methyl sites for hydroxylation is 1. The zero-order valence-corrected chi connectivity index (χ0v) is 10.8. The van der Waals surface area contributed by atoms with E-state index in [1.165, 1.54) is 0 Å². The molecule has 0 aromatic carbocycles. The van der Waals surface area contributed by atoms with Gasteiger partial charge in [-0.25, -0.2) is 4.68 Å². The Kier molecular flexibility index (Phi) is 2.96. The lowest BCUT2D eigenvalue weighted by atomic mass is 10.2. The van der Waals surface area contributed by atoms with Gasteiger partial charge in [0.15, 0.2) is 0 Å². The van der Waals surface area contributed by atoms with Crippen LogP contribution in [-0.2, 0) is 0 Å². The van der Waals surface area contributed by atoms with Crippen LogP contribution in [0.4, 0.5) is 5.82 Å². The molecule has 0 aliphatic carbocycles. The summed E-state index contributed by atoms with van der Waals surface area (Å²) in [7, 11) is 0. The summed E-state index contributed by atoms with van der Waals surface area (Å²) in [6.45, 7) is 3.94. The first-order chi connectivity index (χ1) is 7.61. The highest BCUT2D eigenvalue weighted by Gasteiger charge is 2.16. The van der Waals surface area contributed by atoms with Crippen molar-refractivity contribution in [2.75, 3.05) is 5.73 Å². The average molecular weight is 281 g/mol. The van der Waals surface area contributed by atoms with Gasteiger partial charge in [-0.15, -0.1) is 0 Å². The molecule has 0 radical (unpaired) electrons. The summed E-state index contributed by atoms with van der Waals surface area (Å²) in [6, 6.07) is 5.85. The third-order valence-electron chi connectivity index (χ3n) is 2.53. The Balaban J connectivity index is 2.42. The van der Waals surface area contributed by atoms with Gasteiger partial charge in [-0.3, -0.25) is 4.98 Å². The fourth-order valence-electron chi connectivity index (χ4n) is 1.59. The number of hydrogen-bond donors (Lipinski definition) is 1. The van der Waals surface area contributed by atoms with E-state index in [9.17, 15) is 0 Å². The first-order valence-electron chi connectivity index (χ1n) is 5.02. The van der Waals surface area contributed by atoms with Crippen LogP contribution >= 0.6 is 15.9 Å². The molecule has 2 aromatic heterocycles. The summed E-state index contributed by atoms with van der Waals surface area (Å²) in [5.41, 5.74) is 7.80. The van der Waals surface area contributed by atoms with Gasteiger partial charge < -0.3 is 5.73 Å². The summed E-state index contributed by atoms with van der Waals surface area (Å²) in [6.07, 6.45) is 1.77. The van der Waals surface area contributed by atoms with Crippen molar-refractivity contribution >= 4 is 21.7 Å². The fraction of sp³-hybridized carbons (Fsp3) is 0.273. The molecule has 0 aliphatic rings. The second-order valence-corrected chi connectivity index (χ2v) is 4.45. The molecule has 0 saturated carbocycles. The summed E-state index contributed by atoms with van der Waals surface area (Å²) in [5, 5.41) is 4.39. The molecule has 84 valence electrons. The highest BCUT2D eigenvalue weighted by molar-refractivity contribution is 9.10.